The van der Waals surface area contributed by atoms with Crippen molar-refractivity contribution in [2.24, 2.45) is 0 Å². The second-order valence-corrected chi connectivity index (χ2v) is 7.09. The minimum absolute atomic E-state index is 0.213. The Hall–Kier alpha value is -4.06. The van der Waals surface area contributed by atoms with Crippen molar-refractivity contribution in [1.29, 1.82) is 0 Å². The third-order valence-electron chi connectivity index (χ3n) is 5.08. The van der Waals surface area contributed by atoms with E-state index in [0.717, 1.165) is 5.56 Å². The summed E-state index contributed by atoms with van der Waals surface area (Å²) in [5, 5.41) is 3.14. The Morgan fingerprint density at radius 1 is 0.806 bits per heavy atom. The fourth-order valence-corrected chi connectivity index (χ4v) is 3.53. The van der Waals surface area contributed by atoms with Crippen LogP contribution in [0.2, 0.25) is 0 Å². The van der Waals surface area contributed by atoms with Crippen LogP contribution in [-0.2, 0) is 9.59 Å². The zero-order valence-electron chi connectivity index (χ0n) is 17.5. The van der Waals surface area contributed by atoms with Gasteiger partial charge in [-0.15, -0.1) is 0 Å². The second kappa shape index (κ2) is 8.36. The van der Waals surface area contributed by atoms with Crippen molar-refractivity contribution in [2.45, 2.75) is 6.92 Å². The first-order valence-electron chi connectivity index (χ1n) is 9.77. The third-order valence-corrected chi connectivity index (χ3v) is 5.08. The van der Waals surface area contributed by atoms with Gasteiger partial charge in [0.05, 0.1) is 25.5 Å². The van der Waals surface area contributed by atoms with Crippen molar-refractivity contribution in [3.05, 3.63) is 89.6 Å². The smallest absolute Gasteiger partial charge is 0.282 e. The van der Waals surface area contributed by atoms with Gasteiger partial charge in [0.15, 0.2) is 0 Å². The summed E-state index contributed by atoms with van der Waals surface area (Å²) in [7, 11) is 3.10. The molecule has 1 N–H and O–H groups in total. The highest BCUT2D eigenvalue weighted by molar-refractivity contribution is 6.46. The van der Waals surface area contributed by atoms with Gasteiger partial charge < -0.3 is 14.8 Å². The molecule has 0 spiro atoms. The lowest BCUT2D eigenvalue weighted by atomic mass is 10.0. The molecule has 0 unspecified atom stereocenters. The lowest BCUT2D eigenvalue weighted by molar-refractivity contribution is -0.120. The normalized spacial score (nSPS) is 13.6. The molecule has 0 radical (unpaired) electrons. The zero-order chi connectivity index (χ0) is 22.0. The number of hydrogen-bond donors (Lipinski definition) is 1. The first-order chi connectivity index (χ1) is 15.0. The molecule has 0 atom stereocenters. The molecule has 6 nitrogen and oxygen atoms in total. The number of carbonyl (C=O) groups is 2. The van der Waals surface area contributed by atoms with Crippen LogP contribution in [0.1, 0.15) is 11.1 Å². The number of anilines is 2. The summed E-state index contributed by atoms with van der Waals surface area (Å²) in [4.78, 5) is 28.2. The Kier molecular flexibility index (Phi) is 5.45. The van der Waals surface area contributed by atoms with Gasteiger partial charge >= 0.3 is 0 Å². The van der Waals surface area contributed by atoms with Crippen LogP contribution in [0.3, 0.4) is 0 Å². The molecule has 4 rings (SSSR count). The van der Waals surface area contributed by atoms with Gasteiger partial charge in [0.2, 0.25) is 0 Å². The Labute approximate surface area is 180 Å². The van der Waals surface area contributed by atoms with Crippen LogP contribution in [0.15, 0.2) is 78.5 Å². The molecule has 3 aromatic carbocycles. The number of nitrogens with zero attached hydrogens (tertiary/aromatic N) is 1. The van der Waals surface area contributed by atoms with Gasteiger partial charge in [-0.1, -0.05) is 36.4 Å². The monoisotopic (exact) mass is 414 g/mol. The first-order valence-corrected chi connectivity index (χ1v) is 9.77. The van der Waals surface area contributed by atoms with Gasteiger partial charge in [-0.25, -0.2) is 4.90 Å². The van der Waals surface area contributed by atoms with E-state index in [1.165, 1.54) is 12.0 Å². The Bertz CT molecular complexity index is 1170. The molecule has 31 heavy (non-hydrogen) atoms. The van der Waals surface area contributed by atoms with Gasteiger partial charge in [0, 0.05) is 5.69 Å². The molecule has 1 aliphatic heterocycles. The molecule has 0 aromatic heterocycles. The summed E-state index contributed by atoms with van der Waals surface area (Å²) < 4.78 is 10.6. The number of hydrogen-bond acceptors (Lipinski definition) is 5. The van der Waals surface area contributed by atoms with Crippen molar-refractivity contribution < 1.29 is 19.1 Å². The first kappa shape index (κ1) is 20.2. The van der Waals surface area contributed by atoms with E-state index in [1.54, 1.807) is 43.5 Å². The molecule has 3 aromatic rings. The molecule has 0 saturated carbocycles. The molecule has 0 bridgehead atoms. The molecular weight excluding hydrogens is 392 g/mol. The maximum atomic E-state index is 13.5. The number of rotatable bonds is 6. The lowest BCUT2D eigenvalue weighted by Crippen LogP contribution is -2.32. The highest BCUT2D eigenvalue weighted by Crippen LogP contribution is 2.38. The second-order valence-electron chi connectivity index (χ2n) is 7.09. The summed E-state index contributed by atoms with van der Waals surface area (Å²) in [5.74, 6) is 0.299. The van der Waals surface area contributed by atoms with Crippen LogP contribution in [0, 0.1) is 6.92 Å². The SMILES string of the molecule is COc1ccc(NC2=C(c3ccccc3)C(=O)N(c3cc(C)ccc3OC)C2=O)cc1. The number of carbonyl (C=O) groups excluding carboxylic acids is 2. The van der Waals surface area contributed by atoms with Crippen LogP contribution >= 0.6 is 0 Å². The molecule has 156 valence electrons. The third kappa shape index (κ3) is 3.75. The highest BCUT2D eigenvalue weighted by atomic mass is 16.5. The number of benzene rings is 3. The minimum Gasteiger partial charge on any atom is -0.497 e. The van der Waals surface area contributed by atoms with Crippen molar-refractivity contribution in [1.82, 2.24) is 0 Å². The molecule has 1 aliphatic rings. The summed E-state index contributed by atoms with van der Waals surface area (Å²) in [6.45, 7) is 1.90. The van der Waals surface area contributed by atoms with E-state index in [-0.39, 0.29) is 5.70 Å². The van der Waals surface area contributed by atoms with Crippen LogP contribution in [0.25, 0.3) is 5.57 Å². The number of ether oxygens (including phenoxy) is 2. The molecule has 0 saturated heterocycles. The number of aryl methyl sites for hydroxylation is 1. The average molecular weight is 414 g/mol. The standard InChI is InChI=1S/C25H22N2O4/c1-16-9-14-21(31-3)20(15-16)27-24(28)22(17-7-5-4-6-8-17)23(25(27)29)26-18-10-12-19(30-2)13-11-18/h4-15,26H,1-3H3. The predicted octanol–water partition coefficient (Wildman–Crippen LogP) is 4.41. The maximum Gasteiger partial charge on any atom is 0.282 e. The van der Waals surface area contributed by atoms with E-state index in [9.17, 15) is 9.59 Å². The van der Waals surface area contributed by atoms with Crippen LogP contribution < -0.4 is 19.7 Å². The molecule has 1 heterocycles. The fourth-order valence-electron chi connectivity index (χ4n) is 3.53. The zero-order valence-corrected chi connectivity index (χ0v) is 17.5. The number of amides is 2. The quantitative estimate of drug-likeness (QED) is 0.605. The van der Waals surface area contributed by atoms with Gasteiger partial charge in [-0.3, -0.25) is 9.59 Å². The Balaban J connectivity index is 1.82. The predicted molar refractivity (Wildman–Crippen MR) is 120 cm³/mol. The summed E-state index contributed by atoms with van der Waals surface area (Å²) >= 11 is 0. The maximum absolute atomic E-state index is 13.5. The van der Waals surface area contributed by atoms with Crippen molar-refractivity contribution in [3.8, 4) is 11.5 Å². The molecular formula is C25H22N2O4. The van der Waals surface area contributed by atoms with E-state index >= 15 is 0 Å². The molecule has 6 heteroatoms. The summed E-state index contributed by atoms with van der Waals surface area (Å²) in [6, 6.07) is 21.7. The Morgan fingerprint density at radius 3 is 2.16 bits per heavy atom. The molecule has 0 aliphatic carbocycles. The van der Waals surface area contributed by atoms with E-state index in [4.69, 9.17) is 9.47 Å². The van der Waals surface area contributed by atoms with Crippen molar-refractivity contribution in [2.75, 3.05) is 24.4 Å². The van der Waals surface area contributed by atoms with Gasteiger partial charge in [0.25, 0.3) is 11.8 Å². The van der Waals surface area contributed by atoms with Crippen molar-refractivity contribution >= 4 is 28.8 Å². The molecule has 0 fully saturated rings. The number of nitrogens with one attached hydrogen (secondary N) is 1. The number of methoxy groups -OCH3 is 2. The highest BCUT2D eigenvalue weighted by Gasteiger charge is 2.41. The van der Waals surface area contributed by atoms with Gasteiger partial charge in [-0.05, 0) is 54.4 Å². The van der Waals surface area contributed by atoms with Crippen LogP contribution in [0.5, 0.6) is 11.5 Å². The van der Waals surface area contributed by atoms with E-state index in [2.05, 4.69) is 5.32 Å². The largest absolute Gasteiger partial charge is 0.497 e. The molecule has 2 amide bonds. The summed E-state index contributed by atoms with van der Waals surface area (Å²) in [5.41, 5.74) is 3.18. The average Bonchev–Trinajstić information content (AvgIpc) is 3.04. The summed E-state index contributed by atoms with van der Waals surface area (Å²) in [6.07, 6.45) is 0. The Morgan fingerprint density at radius 2 is 1.52 bits per heavy atom. The van der Waals surface area contributed by atoms with E-state index in [0.29, 0.717) is 34.0 Å². The fraction of sp³-hybridized carbons (Fsp3) is 0.120. The van der Waals surface area contributed by atoms with Crippen LogP contribution in [0.4, 0.5) is 11.4 Å². The minimum atomic E-state index is -0.441. The van der Waals surface area contributed by atoms with Gasteiger partial charge in [-0.2, -0.15) is 0 Å². The van der Waals surface area contributed by atoms with Gasteiger partial charge in [0.1, 0.15) is 17.2 Å². The lowest BCUT2D eigenvalue weighted by Gasteiger charge is -2.19. The van der Waals surface area contributed by atoms with Crippen LogP contribution in [-0.4, -0.2) is 26.0 Å². The van der Waals surface area contributed by atoms with E-state index < -0.39 is 11.8 Å². The van der Waals surface area contributed by atoms with E-state index in [1.807, 2.05) is 43.3 Å². The topological polar surface area (TPSA) is 67.9 Å². The number of imide groups is 1. The van der Waals surface area contributed by atoms with Crippen molar-refractivity contribution in [3.63, 3.8) is 0 Å².